The maximum absolute atomic E-state index is 14.1. The number of alkyl halides is 3. The van der Waals surface area contributed by atoms with Crippen LogP contribution in [0.25, 0.3) is 0 Å². The zero-order valence-corrected chi connectivity index (χ0v) is 20.6. The maximum Gasteiger partial charge on any atom is 0.434 e. The minimum atomic E-state index is -4.91. The number of aliphatic imine (C=N–C) groups is 1. The lowest BCUT2D eigenvalue weighted by Gasteiger charge is -2.37. The first-order valence-corrected chi connectivity index (χ1v) is 11.7. The Morgan fingerprint density at radius 2 is 1.97 bits per heavy atom. The van der Waals surface area contributed by atoms with Crippen molar-refractivity contribution < 1.29 is 32.2 Å². The molecule has 2 heterocycles. The van der Waals surface area contributed by atoms with Crippen molar-refractivity contribution in [1.82, 2.24) is 15.1 Å². The molecule has 0 bridgehead atoms. The smallest absolute Gasteiger partial charge is 0.434 e. The van der Waals surface area contributed by atoms with Gasteiger partial charge in [0, 0.05) is 24.4 Å². The van der Waals surface area contributed by atoms with Crippen LogP contribution in [0.15, 0.2) is 51.6 Å². The number of fused-ring (bicyclic) bond motifs is 1. The van der Waals surface area contributed by atoms with E-state index in [1.165, 1.54) is 18.9 Å². The Hall–Kier alpha value is -2.99. The number of ether oxygens (including phenoxy) is 2. The molecule has 0 spiro atoms. The molecule has 1 atom stereocenters. The number of esters is 1. The number of benzene rings is 1. The molecule has 3 rings (SSSR count). The largest absolute Gasteiger partial charge is 0.496 e. The summed E-state index contributed by atoms with van der Waals surface area (Å²) in [4.78, 5) is 32.7. The molecule has 0 fully saturated rings. The lowest BCUT2D eigenvalue weighted by Crippen LogP contribution is -2.40. The second-order valence-electron chi connectivity index (χ2n) is 7.95. The molecule has 0 radical (unpaired) electrons. The van der Waals surface area contributed by atoms with E-state index in [4.69, 9.17) is 9.47 Å². The number of halogens is 3. The van der Waals surface area contributed by atoms with Crippen molar-refractivity contribution in [2.24, 2.45) is 4.99 Å². The van der Waals surface area contributed by atoms with E-state index in [1.807, 2.05) is 19.0 Å². The number of hydrogen-bond donors (Lipinski definition) is 1. The summed E-state index contributed by atoms with van der Waals surface area (Å²) >= 11 is 0.963. The number of para-hydroxylation sites is 1. The molecule has 1 amide bonds. The predicted octanol–water partition coefficient (Wildman–Crippen LogP) is 3.44. The van der Waals surface area contributed by atoms with Gasteiger partial charge in [-0.25, -0.2) is 9.79 Å². The van der Waals surface area contributed by atoms with Crippen LogP contribution in [0, 0.1) is 0 Å². The topological polar surface area (TPSA) is 83.5 Å². The van der Waals surface area contributed by atoms with E-state index >= 15 is 0 Å². The zero-order valence-electron chi connectivity index (χ0n) is 19.8. The van der Waals surface area contributed by atoms with Gasteiger partial charge in [0.05, 0.1) is 31.8 Å². The van der Waals surface area contributed by atoms with E-state index in [-0.39, 0.29) is 29.9 Å². The number of likely N-dealkylation sites (N-methyl/N-ethyl adjacent to an activating group) is 1. The third-order valence-corrected chi connectivity index (χ3v) is 6.12. The Bertz CT molecular complexity index is 1070. The van der Waals surface area contributed by atoms with E-state index in [1.54, 1.807) is 29.7 Å². The summed E-state index contributed by atoms with van der Waals surface area (Å²) in [6.07, 6.45) is -5.02. The summed E-state index contributed by atoms with van der Waals surface area (Å²) < 4.78 is 52.8. The van der Waals surface area contributed by atoms with Gasteiger partial charge in [-0.2, -0.15) is 13.2 Å². The van der Waals surface area contributed by atoms with Crippen LogP contribution in [0.1, 0.15) is 24.9 Å². The molecule has 1 N–H and O–H groups in total. The van der Waals surface area contributed by atoms with E-state index in [0.29, 0.717) is 24.4 Å². The summed E-state index contributed by atoms with van der Waals surface area (Å²) in [6, 6.07) is 5.23. The molecule has 8 nitrogen and oxygen atoms in total. The van der Waals surface area contributed by atoms with Gasteiger partial charge < -0.3 is 24.6 Å². The van der Waals surface area contributed by atoms with E-state index in [2.05, 4.69) is 10.3 Å². The lowest BCUT2D eigenvalue weighted by atomic mass is 9.92. The van der Waals surface area contributed by atoms with Crippen molar-refractivity contribution in [2.75, 3.05) is 40.9 Å². The molecule has 1 aromatic carbocycles. The number of nitrogens with one attached hydrogen (secondary N) is 1. The number of allylic oxidation sites excluding steroid dienone is 1. The molecule has 0 saturated heterocycles. The van der Waals surface area contributed by atoms with Gasteiger partial charge >= 0.3 is 12.1 Å². The van der Waals surface area contributed by atoms with Crippen LogP contribution in [0.5, 0.6) is 5.75 Å². The molecular weight excluding hydrogens is 485 g/mol. The molecule has 190 valence electrons. The normalized spacial score (nSPS) is 17.7. The van der Waals surface area contributed by atoms with Crippen molar-refractivity contribution in [1.29, 1.82) is 0 Å². The van der Waals surface area contributed by atoms with E-state index < -0.39 is 29.5 Å². The minimum absolute atomic E-state index is 0.0115. The Morgan fingerprint density at radius 3 is 2.60 bits per heavy atom. The number of nitrogens with zero attached hydrogens (tertiary/aromatic N) is 3. The average Bonchev–Trinajstić information content (AvgIpc) is 3.19. The fraction of sp³-hybridized carbons (Fsp3) is 0.435. The van der Waals surface area contributed by atoms with Gasteiger partial charge in [0.2, 0.25) is 5.91 Å². The summed E-state index contributed by atoms with van der Waals surface area (Å²) in [6.45, 7) is 2.44. The van der Waals surface area contributed by atoms with Crippen LogP contribution in [0.3, 0.4) is 0 Å². The fourth-order valence-corrected chi connectivity index (χ4v) is 4.64. The van der Waals surface area contributed by atoms with Crippen LogP contribution < -0.4 is 10.1 Å². The van der Waals surface area contributed by atoms with Gasteiger partial charge in [0.25, 0.3) is 0 Å². The molecule has 35 heavy (non-hydrogen) atoms. The number of methoxy groups -OCH3 is 1. The number of amidine groups is 1. The minimum Gasteiger partial charge on any atom is -0.496 e. The standard InChI is InChI=1S/C23H27F3N4O4S/c1-5-34-21(32)18-19(15-8-6-7-9-16(15)33-4)30-14(12-17(31)27-10-11-29(2)3)13-35-22(30)28-20(18)23(24,25)26/h6-9,13,19H,5,10-12H2,1-4H3,(H,27,31). The number of carbonyl (C=O) groups is 2. The summed E-state index contributed by atoms with van der Waals surface area (Å²) in [7, 11) is 5.14. The van der Waals surface area contributed by atoms with Crippen LogP contribution in [0.4, 0.5) is 13.2 Å². The molecule has 12 heteroatoms. The van der Waals surface area contributed by atoms with Crippen LogP contribution in [0.2, 0.25) is 0 Å². The highest BCUT2D eigenvalue weighted by Crippen LogP contribution is 2.49. The van der Waals surface area contributed by atoms with Crippen molar-refractivity contribution in [3.8, 4) is 5.75 Å². The van der Waals surface area contributed by atoms with Crippen LogP contribution in [-0.4, -0.2) is 73.9 Å². The Labute approximate surface area is 205 Å². The fourth-order valence-electron chi connectivity index (χ4n) is 3.72. The van der Waals surface area contributed by atoms with Gasteiger partial charge in [-0.3, -0.25) is 4.79 Å². The highest BCUT2D eigenvalue weighted by molar-refractivity contribution is 8.16. The lowest BCUT2D eigenvalue weighted by molar-refractivity contribution is -0.140. The summed E-state index contributed by atoms with van der Waals surface area (Å²) in [5.41, 5.74) is -1.26. The molecule has 2 aliphatic rings. The summed E-state index contributed by atoms with van der Waals surface area (Å²) in [5, 5.41) is 4.39. The molecule has 0 aromatic heterocycles. The van der Waals surface area contributed by atoms with Crippen molar-refractivity contribution in [2.45, 2.75) is 25.6 Å². The number of thioether (sulfide) groups is 1. The average molecular weight is 513 g/mol. The molecule has 0 aliphatic carbocycles. The SMILES string of the molecule is CCOC(=O)C1=C(C(F)(F)F)N=C2SC=C(CC(=O)NCCN(C)C)N2C1c1ccccc1OC. The predicted molar refractivity (Wildman–Crippen MR) is 127 cm³/mol. The van der Waals surface area contributed by atoms with Gasteiger partial charge in [0.1, 0.15) is 5.75 Å². The highest BCUT2D eigenvalue weighted by Gasteiger charge is 2.49. The third-order valence-electron chi connectivity index (χ3n) is 5.23. The number of carbonyl (C=O) groups excluding carboxylic acids is 2. The number of amides is 1. The first kappa shape index (κ1) is 26.6. The summed E-state index contributed by atoms with van der Waals surface area (Å²) in [5.74, 6) is -1.15. The number of hydrogen-bond acceptors (Lipinski definition) is 8. The quantitative estimate of drug-likeness (QED) is 0.508. The Kier molecular flexibility index (Phi) is 8.49. The van der Waals surface area contributed by atoms with Crippen LogP contribution >= 0.6 is 11.8 Å². The monoisotopic (exact) mass is 512 g/mol. The van der Waals surface area contributed by atoms with E-state index in [9.17, 15) is 22.8 Å². The highest BCUT2D eigenvalue weighted by atomic mass is 32.2. The zero-order chi connectivity index (χ0) is 25.8. The Balaban J connectivity index is 2.09. The van der Waals surface area contributed by atoms with Gasteiger partial charge in [-0.05, 0) is 32.5 Å². The molecule has 0 saturated carbocycles. The van der Waals surface area contributed by atoms with Crippen LogP contribution in [-0.2, 0) is 14.3 Å². The van der Waals surface area contributed by atoms with E-state index in [0.717, 1.165) is 11.8 Å². The second kappa shape index (κ2) is 11.2. The first-order chi connectivity index (χ1) is 16.6. The third kappa shape index (κ3) is 5.99. The van der Waals surface area contributed by atoms with Crippen molar-refractivity contribution in [3.63, 3.8) is 0 Å². The number of rotatable bonds is 9. The molecule has 2 aliphatic heterocycles. The molecule has 1 aromatic rings. The van der Waals surface area contributed by atoms with Gasteiger partial charge in [-0.15, -0.1) is 0 Å². The molecule has 1 unspecified atom stereocenters. The first-order valence-electron chi connectivity index (χ1n) is 10.8. The van der Waals surface area contributed by atoms with Crippen molar-refractivity contribution in [3.05, 3.63) is 52.2 Å². The Morgan fingerprint density at radius 1 is 1.26 bits per heavy atom. The van der Waals surface area contributed by atoms with Gasteiger partial charge in [0.15, 0.2) is 10.9 Å². The second-order valence-corrected chi connectivity index (χ2v) is 8.78. The molecular formula is C23H27F3N4O4S. The maximum atomic E-state index is 14.1. The van der Waals surface area contributed by atoms with Crippen molar-refractivity contribution >= 4 is 28.8 Å². The van der Waals surface area contributed by atoms with Gasteiger partial charge in [-0.1, -0.05) is 30.0 Å².